The summed E-state index contributed by atoms with van der Waals surface area (Å²) in [6, 6.07) is 15.5. The maximum Gasteiger partial charge on any atom is 0.267 e. The molecule has 0 atom stereocenters. The summed E-state index contributed by atoms with van der Waals surface area (Å²) in [4.78, 5) is 23.8. The van der Waals surface area contributed by atoms with Crippen molar-refractivity contribution in [3.8, 4) is 0 Å². The second-order valence-corrected chi connectivity index (χ2v) is 7.90. The number of aromatic nitrogens is 1. The maximum absolute atomic E-state index is 12.1. The van der Waals surface area contributed by atoms with Crippen molar-refractivity contribution >= 4 is 34.3 Å². The fourth-order valence-electron chi connectivity index (χ4n) is 4.17. The zero-order valence-corrected chi connectivity index (χ0v) is 16.7. The number of nitrogens with zero attached hydrogens (tertiary/aromatic N) is 2. The molecule has 1 saturated heterocycles. The van der Waals surface area contributed by atoms with Crippen molar-refractivity contribution in [3.63, 3.8) is 0 Å². The lowest BCUT2D eigenvalue weighted by Gasteiger charge is -2.35. The van der Waals surface area contributed by atoms with Crippen LogP contribution in [-0.2, 0) is 6.42 Å². The summed E-state index contributed by atoms with van der Waals surface area (Å²) in [5.41, 5.74) is 13.6. The number of fused-ring (bicyclic) bond motifs is 1. The third-order valence-corrected chi connectivity index (χ3v) is 6.02. The molecule has 0 radical (unpaired) electrons. The summed E-state index contributed by atoms with van der Waals surface area (Å²) >= 11 is 6.51. The predicted molar refractivity (Wildman–Crippen MR) is 115 cm³/mol. The number of hydrogen-bond donors (Lipinski definition) is 2. The number of carbonyl (C=O) groups is 2. The minimum Gasteiger partial charge on any atom is -0.366 e. The number of nitrogens with two attached hydrogens (primary N) is 2. The Labute approximate surface area is 174 Å². The van der Waals surface area contributed by atoms with Crippen LogP contribution in [0.3, 0.4) is 0 Å². The molecule has 4 rings (SSSR count). The summed E-state index contributed by atoms with van der Waals surface area (Å²) in [6.07, 6.45) is 3.01. The molecule has 0 spiro atoms. The average Bonchev–Trinajstić information content (AvgIpc) is 3.10. The molecule has 0 aliphatic carbocycles. The first-order chi connectivity index (χ1) is 14.0. The molecule has 1 aliphatic rings. The lowest BCUT2D eigenvalue weighted by Crippen LogP contribution is -2.43. The summed E-state index contributed by atoms with van der Waals surface area (Å²) < 4.78 is 1.77. The number of primary amides is 2. The number of piperidine rings is 1. The smallest absolute Gasteiger partial charge is 0.267 e. The highest BCUT2D eigenvalue weighted by Gasteiger charge is 2.26. The largest absolute Gasteiger partial charge is 0.366 e. The number of rotatable bonds is 5. The molecule has 150 valence electrons. The highest BCUT2D eigenvalue weighted by atomic mass is 35.5. The van der Waals surface area contributed by atoms with Gasteiger partial charge in [0.15, 0.2) is 0 Å². The van der Waals surface area contributed by atoms with E-state index >= 15 is 0 Å². The van der Waals surface area contributed by atoms with E-state index in [1.807, 2.05) is 6.07 Å². The molecule has 0 bridgehead atoms. The van der Waals surface area contributed by atoms with Gasteiger partial charge in [-0.3, -0.25) is 14.3 Å². The molecule has 4 N–H and O–H groups in total. The highest BCUT2D eigenvalue weighted by molar-refractivity contribution is 6.38. The summed E-state index contributed by atoms with van der Waals surface area (Å²) in [5, 5.41) is 3.08. The molecule has 1 aromatic heterocycles. The van der Waals surface area contributed by atoms with Gasteiger partial charge in [-0.25, -0.2) is 0 Å². The summed E-state index contributed by atoms with van der Waals surface area (Å²) in [6.45, 7) is 1.53. The van der Waals surface area contributed by atoms with Crippen LogP contribution in [0.1, 0.15) is 39.3 Å². The van der Waals surface area contributed by atoms with Crippen molar-refractivity contribution in [1.29, 1.82) is 0 Å². The first-order valence-corrected chi connectivity index (χ1v) is 10.1. The molecular weight excluding hydrogens is 388 g/mol. The topological polar surface area (TPSA) is 94.4 Å². The van der Waals surface area contributed by atoms with Gasteiger partial charge in [0.05, 0.1) is 16.1 Å². The third-order valence-electron chi connectivity index (χ3n) is 5.64. The van der Waals surface area contributed by atoms with E-state index < -0.39 is 11.8 Å². The lowest BCUT2D eigenvalue weighted by atomic mass is 9.91. The van der Waals surface area contributed by atoms with E-state index in [1.54, 1.807) is 22.9 Å². The van der Waals surface area contributed by atoms with Crippen LogP contribution in [-0.4, -0.2) is 29.6 Å². The van der Waals surface area contributed by atoms with Crippen LogP contribution in [0.5, 0.6) is 0 Å². The fourth-order valence-corrected chi connectivity index (χ4v) is 4.52. The van der Waals surface area contributed by atoms with E-state index in [9.17, 15) is 9.59 Å². The molecule has 2 heterocycles. The molecular formula is C22H23ClN4O2. The Bertz CT molecular complexity index is 1070. The van der Waals surface area contributed by atoms with E-state index in [2.05, 4.69) is 29.3 Å². The van der Waals surface area contributed by atoms with E-state index in [0.29, 0.717) is 17.1 Å². The van der Waals surface area contributed by atoms with Gasteiger partial charge in [-0.15, -0.1) is 0 Å². The lowest BCUT2D eigenvalue weighted by molar-refractivity contribution is 0.0986. The monoisotopic (exact) mass is 410 g/mol. The van der Waals surface area contributed by atoms with Crippen LogP contribution in [0.25, 0.3) is 10.9 Å². The molecule has 6 nitrogen and oxygen atoms in total. The minimum absolute atomic E-state index is 0.230. The van der Waals surface area contributed by atoms with Gasteiger partial charge in [-0.2, -0.15) is 0 Å². The SMILES string of the molecule is NC(=O)c1ccc2cc(C(N)=O)n(N3CCC(Cc4ccccc4)CC3)c2c1Cl. The predicted octanol–water partition coefficient (Wildman–Crippen LogP) is 3.08. The first kappa shape index (κ1) is 19.3. The number of halogens is 1. The normalized spacial score (nSPS) is 15.0. The van der Waals surface area contributed by atoms with Gasteiger partial charge in [-0.1, -0.05) is 48.0 Å². The standard InChI is InChI=1S/C22H23ClN4O2/c23-19-17(21(24)28)7-6-16-13-18(22(25)29)27(20(16)19)26-10-8-15(9-11-26)12-14-4-2-1-3-5-14/h1-7,13,15H,8-12H2,(H2,24,28)(H2,25,29). The minimum atomic E-state index is -0.605. The first-order valence-electron chi connectivity index (χ1n) is 9.68. The molecule has 0 saturated carbocycles. The summed E-state index contributed by atoms with van der Waals surface area (Å²) in [7, 11) is 0. The maximum atomic E-state index is 12.1. The van der Waals surface area contributed by atoms with Crippen LogP contribution in [0, 0.1) is 5.92 Å². The third kappa shape index (κ3) is 3.68. The number of amides is 2. The zero-order valence-electron chi connectivity index (χ0n) is 16.0. The van der Waals surface area contributed by atoms with Crippen molar-refractivity contribution < 1.29 is 9.59 Å². The highest BCUT2D eigenvalue weighted by Crippen LogP contribution is 2.32. The van der Waals surface area contributed by atoms with Gasteiger partial charge in [0.1, 0.15) is 5.69 Å². The second-order valence-electron chi connectivity index (χ2n) is 7.52. The van der Waals surface area contributed by atoms with Gasteiger partial charge in [0.25, 0.3) is 5.91 Å². The van der Waals surface area contributed by atoms with Crippen LogP contribution < -0.4 is 16.5 Å². The van der Waals surface area contributed by atoms with Crippen molar-refractivity contribution in [2.75, 3.05) is 18.1 Å². The van der Waals surface area contributed by atoms with Crippen LogP contribution in [0.15, 0.2) is 48.5 Å². The molecule has 3 aromatic rings. The Morgan fingerprint density at radius 3 is 2.31 bits per heavy atom. The molecule has 29 heavy (non-hydrogen) atoms. The molecule has 2 aromatic carbocycles. The Hall–Kier alpha value is -2.99. The molecule has 1 fully saturated rings. The van der Waals surface area contributed by atoms with Gasteiger partial charge in [-0.05, 0) is 42.9 Å². The fraction of sp³-hybridized carbons (Fsp3) is 0.273. The van der Waals surface area contributed by atoms with Crippen molar-refractivity contribution in [2.45, 2.75) is 19.3 Å². The molecule has 0 unspecified atom stereocenters. The van der Waals surface area contributed by atoms with E-state index in [-0.39, 0.29) is 10.6 Å². The van der Waals surface area contributed by atoms with Crippen molar-refractivity contribution in [2.24, 2.45) is 17.4 Å². The average molecular weight is 411 g/mol. The van der Waals surface area contributed by atoms with Crippen LogP contribution >= 0.6 is 11.6 Å². The van der Waals surface area contributed by atoms with Gasteiger partial charge in [0, 0.05) is 18.5 Å². The van der Waals surface area contributed by atoms with Crippen molar-refractivity contribution in [1.82, 2.24) is 4.68 Å². The van der Waals surface area contributed by atoms with Gasteiger partial charge < -0.3 is 16.5 Å². The Kier molecular flexibility index (Phi) is 5.20. The summed E-state index contributed by atoms with van der Waals surface area (Å²) in [5.74, 6) is -0.569. The zero-order chi connectivity index (χ0) is 20.5. The van der Waals surface area contributed by atoms with E-state index in [1.165, 1.54) is 5.56 Å². The number of hydrogen-bond acceptors (Lipinski definition) is 3. The van der Waals surface area contributed by atoms with Gasteiger partial charge >= 0.3 is 0 Å². The van der Waals surface area contributed by atoms with Crippen molar-refractivity contribution in [3.05, 3.63) is 70.4 Å². The van der Waals surface area contributed by atoms with E-state index in [0.717, 1.165) is 37.7 Å². The van der Waals surface area contributed by atoms with E-state index in [4.69, 9.17) is 23.1 Å². The van der Waals surface area contributed by atoms with Crippen LogP contribution in [0.4, 0.5) is 0 Å². The Morgan fingerprint density at radius 2 is 1.69 bits per heavy atom. The Balaban J connectivity index is 1.65. The number of carbonyl (C=O) groups excluding carboxylic acids is 2. The van der Waals surface area contributed by atoms with Crippen LogP contribution in [0.2, 0.25) is 5.02 Å². The van der Waals surface area contributed by atoms with Gasteiger partial charge in [0.2, 0.25) is 5.91 Å². The molecule has 2 amide bonds. The second kappa shape index (κ2) is 7.79. The molecule has 7 heteroatoms. The number of benzene rings is 2. The Morgan fingerprint density at radius 1 is 1.00 bits per heavy atom. The molecule has 1 aliphatic heterocycles. The quantitative estimate of drug-likeness (QED) is 0.676.